The summed E-state index contributed by atoms with van der Waals surface area (Å²) in [4.78, 5) is 15.9. The highest BCUT2D eigenvalue weighted by Crippen LogP contribution is 2.08. The molecule has 0 heterocycles. The lowest BCUT2D eigenvalue weighted by atomic mass is 10.1. The SMILES string of the molecule is CC/C(=N\OC(=O)OC(C)C)c1ccc(C)cc1. The average molecular weight is 249 g/mol. The number of carbonyl (C=O) groups is 1. The van der Waals surface area contributed by atoms with Crippen molar-refractivity contribution in [1.82, 2.24) is 0 Å². The summed E-state index contributed by atoms with van der Waals surface area (Å²) >= 11 is 0. The van der Waals surface area contributed by atoms with Gasteiger partial charge in [-0.3, -0.25) is 4.84 Å². The molecule has 0 amide bonds. The van der Waals surface area contributed by atoms with Gasteiger partial charge in [0.15, 0.2) is 0 Å². The van der Waals surface area contributed by atoms with Gasteiger partial charge in [-0.05, 0) is 32.8 Å². The fourth-order valence-corrected chi connectivity index (χ4v) is 1.37. The molecule has 0 radical (unpaired) electrons. The summed E-state index contributed by atoms with van der Waals surface area (Å²) in [6.45, 7) is 7.48. The molecule has 0 saturated carbocycles. The van der Waals surface area contributed by atoms with Crippen LogP contribution in [0.1, 0.15) is 38.3 Å². The van der Waals surface area contributed by atoms with E-state index in [1.165, 1.54) is 5.56 Å². The number of hydrogen-bond donors (Lipinski definition) is 0. The molecule has 0 aliphatic rings. The molecule has 18 heavy (non-hydrogen) atoms. The van der Waals surface area contributed by atoms with Crippen LogP contribution in [0.5, 0.6) is 0 Å². The number of carbonyl (C=O) groups excluding carboxylic acids is 1. The molecule has 0 spiro atoms. The van der Waals surface area contributed by atoms with Crippen LogP contribution in [-0.2, 0) is 9.57 Å². The van der Waals surface area contributed by atoms with Crippen LogP contribution in [0.3, 0.4) is 0 Å². The van der Waals surface area contributed by atoms with Crippen molar-refractivity contribution in [2.45, 2.75) is 40.2 Å². The van der Waals surface area contributed by atoms with Crippen molar-refractivity contribution < 1.29 is 14.4 Å². The van der Waals surface area contributed by atoms with E-state index >= 15 is 0 Å². The van der Waals surface area contributed by atoms with E-state index < -0.39 is 6.16 Å². The van der Waals surface area contributed by atoms with Crippen molar-refractivity contribution >= 4 is 11.9 Å². The monoisotopic (exact) mass is 249 g/mol. The van der Waals surface area contributed by atoms with E-state index in [0.29, 0.717) is 6.42 Å². The molecule has 1 aromatic rings. The number of aryl methyl sites for hydroxylation is 1. The molecule has 0 atom stereocenters. The van der Waals surface area contributed by atoms with E-state index in [1.807, 2.05) is 38.1 Å². The summed E-state index contributed by atoms with van der Waals surface area (Å²) < 4.78 is 4.83. The Morgan fingerprint density at radius 1 is 1.28 bits per heavy atom. The molecular weight excluding hydrogens is 230 g/mol. The zero-order valence-corrected chi connectivity index (χ0v) is 11.3. The van der Waals surface area contributed by atoms with Gasteiger partial charge >= 0.3 is 6.16 Å². The molecule has 0 N–H and O–H groups in total. The first kappa shape index (κ1) is 14.2. The van der Waals surface area contributed by atoms with Crippen molar-refractivity contribution in [1.29, 1.82) is 0 Å². The summed E-state index contributed by atoms with van der Waals surface area (Å²) in [5, 5.41) is 3.84. The maximum absolute atomic E-state index is 11.2. The lowest BCUT2D eigenvalue weighted by molar-refractivity contribution is 0.0362. The third kappa shape index (κ3) is 4.57. The van der Waals surface area contributed by atoms with Gasteiger partial charge in [0, 0.05) is 0 Å². The molecule has 0 aliphatic heterocycles. The van der Waals surface area contributed by atoms with Crippen molar-refractivity contribution in [3.63, 3.8) is 0 Å². The molecule has 0 fully saturated rings. The average Bonchev–Trinajstić information content (AvgIpc) is 2.31. The van der Waals surface area contributed by atoms with Crippen molar-refractivity contribution in [3.8, 4) is 0 Å². The number of hydrogen-bond acceptors (Lipinski definition) is 4. The Hall–Kier alpha value is -1.84. The van der Waals surface area contributed by atoms with Gasteiger partial charge in [-0.2, -0.15) is 0 Å². The predicted molar refractivity (Wildman–Crippen MR) is 70.7 cm³/mol. The van der Waals surface area contributed by atoms with Crippen LogP contribution < -0.4 is 0 Å². The van der Waals surface area contributed by atoms with Gasteiger partial charge in [-0.25, -0.2) is 4.79 Å². The van der Waals surface area contributed by atoms with E-state index in [1.54, 1.807) is 13.8 Å². The highest BCUT2D eigenvalue weighted by Gasteiger charge is 2.08. The Balaban J connectivity index is 2.71. The molecule has 0 aromatic heterocycles. The third-order valence-electron chi connectivity index (χ3n) is 2.28. The smallest absolute Gasteiger partial charge is 0.430 e. The summed E-state index contributed by atoms with van der Waals surface area (Å²) in [5.41, 5.74) is 2.84. The maximum Gasteiger partial charge on any atom is 0.535 e. The van der Waals surface area contributed by atoms with Crippen LogP contribution in [-0.4, -0.2) is 18.0 Å². The first-order valence-electron chi connectivity index (χ1n) is 6.04. The molecule has 0 unspecified atom stereocenters. The van der Waals surface area contributed by atoms with Gasteiger partial charge in [0.2, 0.25) is 0 Å². The minimum absolute atomic E-state index is 0.211. The van der Waals surface area contributed by atoms with E-state index in [2.05, 4.69) is 5.16 Å². The number of ether oxygens (including phenoxy) is 1. The fraction of sp³-hybridized carbons (Fsp3) is 0.429. The molecule has 0 aliphatic carbocycles. The predicted octanol–water partition coefficient (Wildman–Crippen LogP) is 3.67. The van der Waals surface area contributed by atoms with Crippen LogP contribution in [0, 0.1) is 6.92 Å². The highest BCUT2D eigenvalue weighted by atomic mass is 16.8. The summed E-state index contributed by atoms with van der Waals surface area (Å²) in [6.07, 6.45) is -0.307. The van der Waals surface area contributed by atoms with Gasteiger partial charge in [-0.15, -0.1) is 0 Å². The van der Waals surface area contributed by atoms with Crippen LogP contribution >= 0.6 is 0 Å². The summed E-state index contributed by atoms with van der Waals surface area (Å²) in [6, 6.07) is 7.89. The Morgan fingerprint density at radius 2 is 1.89 bits per heavy atom. The molecular formula is C14H19NO3. The van der Waals surface area contributed by atoms with Gasteiger partial charge in [0.1, 0.15) is 0 Å². The second-order valence-electron chi connectivity index (χ2n) is 4.27. The van der Waals surface area contributed by atoms with E-state index in [-0.39, 0.29) is 6.10 Å². The molecule has 1 aromatic carbocycles. The van der Waals surface area contributed by atoms with Gasteiger partial charge in [0.05, 0.1) is 11.8 Å². The van der Waals surface area contributed by atoms with Crippen molar-refractivity contribution in [2.24, 2.45) is 5.16 Å². The second kappa shape index (κ2) is 6.79. The molecule has 4 heteroatoms. The van der Waals surface area contributed by atoms with E-state index in [0.717, 1.165) is 11.3 Å². The number of benzene rings is 1. The summed E-state index contributed by atoms with van der Waals surface area (Å²) in [5.74, 6) is 0. The van der Waals surface area contributed by atoms with Crippen molar-refractivity contribution in [2.75, 3.05) is 0 Å². The number of nitrogens with zero attached hydrogens (tertiary/aromatic N) is 1. The third-order valence-corrected chi connectivity index (χ3v) is 2.28. The number of rotatable bonds is 4. The largest absolute Gasteiger partial charge is 0.535 e. The Labute approximate surface area is 108 Å². The van der Waals surface area contributed by atoms with Gasteiger partial charge in [-0.1, -0.05) is 41.9 Å². The second-order valence-corrected chi connectivity index (χ2v) is 4.27. The molecule has 1 rings (SSSR count). The van der Waals surface area contributed by atoms with Crippen LogP contribution in [0.15, 0.2) is 29.4 Å². The maximum atomic E-state index is 11.2. The zero-order chi connectivity index (χ0) is 13.5. The summed E-state index contributed by atoms with van der Waals surface area (Å²) in [7, 11) is 0. The van der Waals surface area contributed by atoms with Gasteiger partial charge in [0.25, 0.3) is 0 Å². The van der Waals surface area contributed by atoms with E-state index in [9.17, 15) is 4.79 Å². The quantitative estimate of drug-likeness (QED) is 0.354. The van der Waals surface area contributed by atoms with Gasteiger partial charge < -0.3 is 4.74 Å². The Kier molecular flexibility index (Phi) is 5.36. The molecule has 0 bridgehead atoms. The first-order chi connectivity index (χ1) is 8.52. The molecule has 0 saturated heterocycles. The minimum Gasteiger partial charge on any atom is -0.430 e. The fourth-order valence-electron chi connectivity index (χ4n) is 1.37. The minimum atomic E-state index is -0.775. The standard InChI is InChI=1S/C14H19NO3/c1-5-13(12-8-6-11(4)7-9-12)15-18-14(16)17-10(2)3/h6-10H,5H2,1-4H3/b15-13+. The lowest BCUT2D eigenvalue weighted by Crippen LogP contribution is -2.12. The lowest BCUT2D eigenvalue weighted by Gasteiger charge is -2.06. The van der Waals surface area contributed by atoms with Crippen LogP contribution in [0.25, 0.3) is 0 Å². The van der Waals surface area contributed by atoms with Crippen LogP contribution in [0.4, 0.5) is 4.79 Å². The molecule has 4 nitrogen and oxygen atoms in total. The zero-order valence-electron chi connectivity index (χ0n) is 11.3. The highest BCUT2D eigenvalue weighted by molar-refractivity contribution is 6.00. The van der Waals surface area contributed by atoms with E-state index in [4.69, 9.17) is 9.57 Å². The normalized spacial score (nSPS) is 11.5. The van der Waals surface area contributed by atoms with Crippen molar-refractivity contribution in [3.05, 3.63) is 35.4 Å². The Morgan fingerprint density at radius 3 is 2.39 bits per heavy atom. The number of oxime groups is 1. The van der Waals surface area contributed by atoms with Crippen LogP contribution in [0.2, 0.25) is 0 Å². The topological polar surface area (TPSA) is 47.9 Å². The first-order valence-corrected chi connectivity index (χ1v) is 6.04. The molecule has 98 valence electrons. The Bertz CT molecular complexity index is 421.